The van der Waals surface area contributed by atoms with Crippen LogP contribution in [0.1, 0.15) is 18.5 Å². The lowest BCUT2D eigenvalue weighted by atomic mass is 10.1. The Hall–Kier alpha value is -1.46. The maximum atomic E-state index is 5.43. The summed E-state index contributed by atoms with van der Waals surface area (Å²) in [4.78, 5) is 0. The predicted molar refractivity (Wildman–Crippen MR) is 61.8 cm³/mol. The minimum Gasteiger partial charge on any atom is -0.496 e. The Morgan fingerprint density at radius 2 is 1.56 bits per heavy atom. The zero-order chi connectivity index (χ0) is 12.1. The third-order valence-corrected chi connectivity index (χ3v) is 2.44. The number of ether oxygens (including phenoxy) is 3. The number of hydrogen-bond acceptors (Lipinski definition) is 5. The molecule has 0 radical (unpaired) electrons. The lowest BCUT2D eigenvalue weighted by Gasteiger charge is -2.19. The topological polar surface area (TPSA) is 65.7 Å². The van der Waals surface area contributed by atoms with E-state index in [1.165, 1.54) is 0 Å². The second-order valence-corrected chi connectivity index (χ2v) is 3.33. The highest BCUT2D eigenvalue weighted by atomic mass is 16.5. The first kappa shape index (κ1) is 12.6. The van der Waals surface area contributed by atoms with Gasteiger partial charge < -0.3 is 14.2 Å². The molecular weight excluding hydrogens is 208 g/mol. The maximum Gasteiger partial charge on any atom is 0.131 e. The molecule has 0 heterocycles. The third-order valence-electron chi connectivity index (χ3n) is 2.44. The highest BCUT2D eigenvalue weighted by Gasteiger charge is 2.17. The van der Waals surface area contributed by atoms with E-state index < -0.39 is 0 Å². The molecule has 1 atom stereocenters. The van der Waals surface area contributed by atoms with Gasteiger partial charge in [0.15, 0.2) is 0 Å². The summed E-state index contributed by atoms with van der Waals surface area (Å²) in [6.45, 7) is 1.92. The fourth-order valence-electron chi connectivity index (χ4n) is 1.54. The predicted octanol–water partition coefficient (Wildman–Crippen LogP) is 1.24. The fraction of sp³-hybridized carbons (Fsp3) is 0.455. The molecule has 5 nitrogen and oxygen atoms in total. The second-order valence-electron chi connectivity index (χ2n) is 3.33. The van der Waals surface area contributed by atoms with Crippen LogP contribution in [0.4, 0.5) is 0 Å². The average molecular weight is 226 g/mol. The van der Waals surface area contributed by atoms with Crippen LogP contribution in [0.25, 0.3) is 0 Å². The van der Waals surface area contributed by atoms with E-state index in [0.29, 0.717) is 17.2 Å². The van der Waals surface area contributed by atoms with Gasteiger partial charge in [-0.25, -0.2) is 0 Å². The van der Waals surface area contributed by atoms with Crippen LogP contribution in [0.5, 0.6) is 17.2 Å². The number of nitrogens with one attached hydrogen (secondary N) is 1. The molecule has 0 unspecified atom stereocenters. The van der Waals surface area contributed by atoms with Crippen molar-refractivity contribution in [1.29, 1.82) is 0 Å². The first-order chi connectivity index (χ1) is 7.67. The van der Waals surface area contributed by atoms with Crippen LogP contribution in [0, 0.1) is 0 Å². The summed E-state index contributed by atoms with van der Waals surface area (Å²) in [5, 5.41) is 0. The molecule has 0 aromatic heterocycles. The van der Waals surface area contributed by atoms with Gasteiger partial charge in [-0.2, -0.15) is 0 Å². The smallest absolute Gasteiger partial charge is 0.131 e. The number of benzene rings is 1. The second kappa shape index (κ2) is 5.58. The third kappa shape index (κ3) is 2.37. The van der Waals surface area contributed by atoms with E-state index in [0.717, 1.165) is 5.56 Å². The fourth-order valence-corrected chi connectivity index (χ4v) is 1.54. The number of nitrogens with two attached hydrogens (primary N) is 1. The number of hydrazine groups is 1. The SMILES string of the molecule is COc1cc(OC)c([C@@H](C)NN)c(OC)c1. The molecular formula is C11H18N2O3. The van der Waals surface area contributed by atoms with Gasteiger partial charge in [-0.3, -0.25) is 11.3 Å². The zero-order valence-corrected chi connectivity index (χ0v) is 10.0. The zero-order valence-electron chi connectivity index (χ0n) is 10.0. The molecule has 1 aromatic carbocycles. The maximum absolute atomic E-state index is 5.43. The molecule has 16 heavy (non-hydrogen) atoms. The molecule has 0 aliphatic rings. The van der Waals surface area contributed by atoms with Crippen molar-refractivity contribution in [2.24, 2.45) is 5.84 Å². The monoisotopic (exact) mass is 226 g/mol. The van der Waals surface area contributed by atoms with Gasteiger partial charge in [0.2, 0.25) is 0 Å². The lowest BCUT2D eigenvalue weighted by molar-refractivity contribution is 0.360. The molecule has 0 aliphatic heterocycles. The first-order valence-corrected chi connectivity index (χ1v) is 4.94. The van der Waals surface area contributed by atoms with Gasteiger partial charge >= 0.3 is 0 Å². The van der Waals surface area contributed by atoms with Crippen LogP contribution in [-0.4, -0.2) is 21.3 Å². The van der Waals surface area contributed by atoms with Crippen LogP contribution < -0.4 is 25.5 Å². The highest BCUT2D eigenvalue weighted by molar-refractivity contribution is 5.52. The van der Waals surface area contributed by atoms with E-state index >= 15 is 0 Å². The first-order valence-electron chi connectivity index (χ1n) is 4.94. The van der Waals surface area contributed by atoms with Crippen molar-refractivity contribution in [2.45, 2.75) is 13.0 Å². The summed E-state index contributed by atoms with van der Waals surface area (Å²) in [5.41, 5.74) is 3.54. The van der Waals surface area contributed by atoms with Gasteiger partial charge in [0, 0.05) is 12.1 Å². The Labute approximate surface area is 95.5 Å². The molecule has 0 amide bonds. The van der Waals surface area contributed by atoms with Crippen LogP contribution >= 0.6 is 0 Å². The number of rotatable bonds is 5. The molecule has 0 fully saturated rings. The van der Waals surface area contributed by atoms with Crippen molar-refractivity contribution in [1.82, 2.24) is 5.43 Å². The summed E-state index contributed by atoms with van der Waals surface area (Å²) >= 11 is 0. The Bertz CT molecular complexity index is 330. The van der Waals surface area contributed by atoms with E-state index in [1.807, 2.05) is 6.92 Å². The van der Waals surface area contributed by atoms with Gasteiger partial charge in [0.25, 0.3) is 0 Å². The summed E-state index contributed by atoms with van der Waals surface area (Å²) in [7, 11) is 4.79. The van der Waals surface area contributed by atoms with E-state index in [9.17, 15) is 0 Å². The standard InChI is InChI=1S/C11H18N2O3/c1-7(13-12)11-9(15-3)5-8(14-2)6-10(11)16-4/h5-7,13H,12H2,1-4H3/t7-/m1/s1. The molecule has 0 saturated carbocycles. The van der Waals surface area contributed by atoms with Crippen LogP contribution in [0.2, 0.25) is 0 Å². The molecule has 0 aliphatic carbocycles. The Morgan fingerprint density at radius 3 is 1.88 bits per heavy atom. The van der Waals surface area contributed by atoms with Crippen molar-refractivity contribution >= 4 is 0 Å². The van der Waals surface area contributed by atoms with E-state index in [-0.39, 0.29) is 6.04 Å². The summed E-state index contributed by atoms with van der Waals surface area (Å²) in [5.74, 6) is 7.48. The van der Waals surface area contributed by atoms with Gasteiger partial charge in [-0.1, -0.05) is 0 Å². The van der Waals surface area contributed by atoms with E-state index in [2.05, 4.69) is 5.43 Å². The quantitative estimate of drug-likeness (QED) is 0.584. The van der Waals surface area contributed by atoms with Crippen LogP contribution in [0.3, 0.4) is 0 Å². The normalized spacial score (nSPS) is 12.1. The van der Waals surface area contributed by atoms with Crippen LogP contribution in [0.15, 0.2) is 12.1 Å². The van der Waals surface area contributed by atoms with Gasteiger partial charge in [-0.15, -0.1) is 0 Å². The minimum absolute atomic E-state index is 0.0733. The average Bonchev–Trinajstić information content (AvgIpc) is 2.35. The Balaban J connectivity index is 3.31. The van der Waals surface area contributed by atoms with Crippen molar-refractivity contribution in [3.8, 4) is 17.2 Å². The molecule has 1 rings (SSSR count). The minimum atomic E-state index is -0.0733. The largest absolute Gasteiger partial charge is 0.496 e. The summed E-state index contributed by atoms with van der Waals surface area (Å²) in [6.07, 6.45) is 0. The molecule has 90 valence electrons. The van der Waals surface area contributed by atoms with Crippen molar-refractivity contribution < 1.29 is 14.2 Å². The van der Waals surface area contributed by atoms with Crippen LogP contribution in [-0.2, 0) is 0 Å². The van der Waals surface area contributed by atoms with Crippen molar-refractivity contribution in [3.63, 3.8) is 0 Å². The molecule has 1 aromatic rings. The molecule has 0 saturated heterocycles. The van der Waals surface area contributed by atoms with E-state index in [1.54, 1.807) is 33.5 Å². The number of hydrogen-bond donors (Lipinski definition) is 2. The van der Waals surface area contributed by atoms with Crippen molar-refractivity contribution in [3.05, 3.63) is 17.7 Å². The summed E-state index contributed by atoms with van der Waals surface area (Å²) < 4.78 is 15.8. The molecule has 0 bridgehead atoms. The Kier molecular flexibility index (Phi) is 4.39. The number of methoxy groups -OCH3 is 3. The highest BCUT2D eigenvalue weighted by Crippen LogP contribution is 2.37. The summed E-state index contributed by atoms with van der Waals surface area (Å²) in [6, 6.07) is 3.52. The van der Waals surface area contributed by atoms with Crippen molar-refractivity contribution in [2.75, 3.05) is 21.3 Å². The lowest BCUT2D eigenvalue weighted by Crippen LogP contribution is -2.26. The Morgan fingerprint density at radius 1 is 1.06 bits per heavy atom. The molecule has 0 spiro atoms. The molecule has 5 heteroatoms. The van der Waals surface area contributed by atoms with Gasteiger partial charge in [0.1, 0.15) is 17.2 Å². The van der Waals surface area contributed by atoms with Gasteiger partial charge in [-0.05, 0) is 6.92 Å². The van der Waals surface area contributed by atoms with E-state index in [4.69, 9.17) is 20.1 Å². The van der Waals surface area contributed by atoms with Gasteiger partial charge in [0.05, 0.1) is 32.9 Å². The molecule has 3 N–H and O–H groups in total.